The first-order valence-electron chi connectivity index (χ1n) is 7.91. The molecule has 2 aromatic carbocycles. The summed E-state index contributed by atoms with van der Waals surface area (Å²) in [7, 11) is 0. The van der Waals surface area contributed by atoms with E-state index in [0.717, 1.165) is 18.4 Å². The van der Waals surface area contributed by atoms with Crippen LogP contribution >= 0.6 is 0 Å². The number of hydrogen-bond acceptors (Lipinski definition) is 3. The zero-order valence-electron chi connectivity index (χ0n) is 13.8. The molecular formula is C20H21FN2O. The molecule has 0 unspecified atom stereocenters. The highest BCUT2D eigenvalue weighted by Gasteiger charge is 2.02. The van der Waals surface area contributed by atoms with Crippen molar-refractivity contribution in [3.05, 3.63) is 77.6 Å². The minimum atomic E-state index is -0.434. The van der Waals surface area contributed by atoms with Crippen molar-refractivity contribution in [1.82, 2.24) is 0 Å². The molecule has 2 aromatic rings. The van der Waals surface area contributed by atoms with Crippen molar-refractivity contribution in [3.8, 4) is 5.75 Å². The molecule has 0 aromatic heterocycles. The highest BCUT2D eigenvalue weighted by atomic mass is 19.1. The average Bonchev–Trinajstić information content (AvgIpc) is 2.59. The van der Waals surface area contributed by atoms with Crippen molar-refractivity contribution in [2.24, 2.45) is 10.2 Å². The van der Waals surface area contributed by atoms with E-state index in [2.05, 4.69) is 35.8 Å². The van der Waals surface area contributed by atoms with Gasteiger partial charge in [0.15, 0.2) is 11.6 Å². The second-order valence-electron chi connectivity index (χ2n) is 5.27. The van der Waals surface area contributed by atoms with Gasteiger partial charge in [0.25, 0.3) is 0 Å². The van der Waals surface area contributed by atoms with Crippen LogP contribution in [-0.4, -0.2) is 19.0 Å². The van der Waals surface area contributed by atoms with E-state index in [-0.39, 0.29) is 12.4 Å². The Hall–Kier alpha value is -2.75. The van der Waals surface area contributed by atoms with Crippen molar-refractivity contribution in [2.45, 2.75) is 19.8 Å². The van der Waals surface area contributed by atoms with Gasteiger partial charge in [-0.2, -0.15) is 10.2 Å². The minimum absolute atomic E-state index is 0.197. The summed E-state index contributed by atoms with van der Waals surface area (Å²) in [6.07, 6.45) is 6.95. The third-order valence-electron chi connectivity index (χ3n) is 3.31. The first-order valence-corrected chi connectivity index (χ1v) is 7.91. The van der Waals surface area contributed by atoms with Crippen molar-refractivity contribution in [2.75, 3.05) is 6.61 Å². The molecule has 0 fully saturated rings. The molecule has 4 heteroatoms. The number of halogens is 1. The van der Waals surface area contributed by atoms with Gasteiger partial charge in [-0.15, -0.1) is 0 Å². The van der Waals surface area contributed by atoms with Crippen molar-refractivity contribution in [1.29, 1.82) is 0 Å². The molecule has 2 rings (SSSR count). The van der Waals surface area contributed by atoms with E-state index in [1.54, 1.807) is 24.4 Å². The first kappa shape index (κ1) is 17.6. The molecule has 0 aliphatic carbocycles. The molecule has 0 bridgehead atoms. The summed E-state index contributed by atoms with van der Waals surface area (Å²) in [5.74, 6) is -0.237. The van der Waals surface area contributed by atoms with Crippen LogP contribution in [-0.2, 0) is 6.42 Å². The number of ether oxygens (including phenoxy) is 1. The monoisotopic (exact) mass is 324 g/mol. The molecule has 0 atom stereocenters. The summed E-state index contributed by atoms with van der Waals surface area (Å²) in [5.41, 5.74) is 2.91. The largest absolute Gasteiger partial charge is 0.486 e. The molecule has 0 saturated heterocycles. The Morgan fingerprint density at radius 1 is 1.04 bits per heavy atom. The highest BCUT2D eigenvalue weighted by Crippen LogP contribution is 2.17. The van der Waals surface area contributed by atoms with E-state index >= 15 is 0 Å². The Morgan fingerprint density at radius 3 is 2.33 bits per heavy atom. The van der Waals surface area contributed by atoms with Crippen LogP contribution in [0.2, 0.25) is 0 Å². The van der Waals surface area contributed by atoms with Crippen molar-refractivity contribution >= 4 is 12.4 Å². The Bertz CT molecular complexity index is 721. The SMILES string of the molecule is C=CCOc1ccc(C=NN=Cc2ccc(CCC)cc2)cc1F. The van der Waals surface area contributed by atoms with Gasteiger partial charge in [-0.3, -0.25) is 0 Å². The maximum absolute atomic E-state index is 13.8. The standard InChI is InChI=1S/C20H21FN2O/c1-3-5-16-6-8-17(9-7-16)14-22-23-15-18-10-11-20(19(21)13-18)24-12-4-2/h4,6-11,13-15H,2-3,5,12H2,1H3. The predicted molar refractivity (Wildman–Crippen MR) is 97.7 cm³/mol. The highest BCUT2D eigenvalue weighted by molar-refractivity contribution is 5.82. The van der Waals surface area contributed by atoms with Crippen LogP contribution in [0.5, 0.6) is 5.75 Å². The lowest BCUT2D eigenvalue weighted by molar-refractivity contribution is 0.342. The lowest BCUT2D eigenvalue weighted by Gasteiger charge is -2.04. The summed E-state index contributed by atoms with van der Waals surface area (Å²) in [6.45, 7) is 5.95. The quantitative estimate of drug-likeness (QED) is 0.390. The molecule has 124 valence electrons. The van der Waals surface area contributed by atoms with Gasteiger partial charge >= 0.3 is 0 Å². The van der Waals surface area contributed by atoms with E-state index in [4.69, 9.17) is 4.74 Å². The predicted octanol–water partition coefficient (Wildman–Crippen LogP) is 4.80. The lowest BCUT2D eigenvalue weighted by Crippen LogP contribution is -1.96. The third kappa shape index (κ3) is 5.47. The summed E-state index contributed by atoms with van der Waals surface area (Å²) < 4.78 is 19.0. The van der Waals surface area contributed by atoms with Crippen molar-refractivity contribution < 1.29 is 9.13 Å². The molecule has 0 radical (unpaired) electrons. The van der Waals surface area contributed by atoms with E-state index < -0.39 is 5.82 Å². The van der Waals surface area contributed by atoms with Gasteiger partial charge in [0.1, 0.15) is 6.61 Å². The van der Waals surface area contributed by atoms with Crippen LogP contribution in [0.3, 0.4) is 0 Å². The Labute approximate surface area is 142 Å². The van der Waals surface area contributed by atoms with Gasteiger partial charge < -0.3 is 4.74 Å². The van der Waals surface area contributed by atoms with Gasteiger partial charge in [0.2, 0.25) is 0 Å². The lowest BCUT2D eigenvalue weighted by atomic mass is 10.1. The van der Waals surface area contributed by atoms with E-state index in [1.807, 2.05) is 12.1 Å². The summed E-state index contributed by atoms with van der Waals surface area (Å²) in [5, 5.41) is 7.94. The molecular weight excluding hydrogens is 303 g/mol. The number of nitrogens with zero attached hydrogens (tertiary/aromatic N) is 2. The van der Waals surface area contributed by atoms with Gasteiger partial charge in [-0.1, -0.05) is 50.3 Å². The molecule has 0 spiro atoms. The topological polar surface area (TPSA) is 34.0 Å². The van der Waals surface area contributed by atoms with Crippen molar-refractivity contribution in [3.63, 3.8) is 0 Å². The van der Waals surface area contributed by atoms with Crippen LogP contribution in [0, 0.1) is 5.82 Å². The molecule has 0 saturated carbocycles. The number of rotatable bonds is 8. The molecule has 3 nitrogen and oxygen atoms in total. The normalized spacial score (nSPS) is 11.2. The van der Waals surface area contributed by atoms with E-state index in [1.165, 1.54) is 17.8 Å². The average molecular weight is 324 g/mol. The van der Waals surface area contributed by atoms with Crippen LogP contribution < -0.4 is 4.74 Å². The van der Waals surface area contributed by atoms with Crippen LogP contribution in [0.1, 0.15) is 30.0 Å². The Kier molecular flexibility index (Phi) is 6.90. The summed E-state index contributed by atoms with van der Waals surface area (Å²) in [6, 6.07) is 12.8. The van der Waals surface area contributed by atoms with Crippen LogP contribution in [0.25, 0.3) is 0 Å². The zero-order chi connectivity index (χ0) is 17.2. The zero-order valence-corrected chi connectivity index (χ0v) is 13.8. The van der Waals surface area contributed by atoms with Crippen LogP contribution in [0.4, 0.5) is 4.39 Å². The smallest absolute Gasteiger partial charge is 0.165 e. The number of benzene rings is 2. The fourth-order valence-corrected chi connectivity index (χ4v) is 2.12. The molecule has 24 heavy (non-hydrogen) atoms. The molecule has 0 N–H and O–H groups in total. The van der Waals surface area contributed by atoms with E-state index in [9.17, 15) is 4.39 Å². The molecule has 0 amide bonds. The van der Waals surface area contributed by atoms with Gasteiger partial charge in [-0.05, 0) is 41.3 Å². The Morgan fingerprint density at radius 2 is 1.71 bits per heavy atom. The molecule has 0 aliphatic heterocycles. The summed E-state index contributed by atoms with van der Waals surface area (Å²) in [4.78, 5) is 0. The van der Waals surface area contributed by atoms with E-state index in [0.29, 0.717) is 5.56 Å². The minimum Gasteiger partial charge on any atom is -0.486 e. The van der Waals surface area contributed by atoms with Gasteiger partial charge in [0.05, 0.1) is 12.4 Å². The maximum atomic E-state index is 13.8. The summed E-state index contributed by atoms with van der Waals surface area (Å²) >= 11 is 0. The number of hydrogen-bond donors (Lipinski definition) is 0. The second-order valence-corrected chi connectivity index (χ2v) is 5.27. The van der Waals surface area contributed by atoms with Gasteiger partial charge in [-0.25, -0.2) is 4.39 Å². The van der Waals surface area contributed by atoms with Crippen LogP contribution in [0.15, 0.2) is 65.3 Å². The maximum Gasteiger partial charge on any atom is 0.165 e. The van der Waals surface area contributed by atoms with Gasteiger partial charge in [0, 0.05) is 0 Å². The number of aryl methyl sites for hydroxylation is 1. The molecule has 0 heterocycles. The fourth-order valence-electron chi connectivity index (χ4n) is 2.12. The third-order valence-corrected chi connectivity index (χ3v) is 3.31. The first-order chi connectivity index (χ1) is 11.7. The second kappa shape index (κ2) is 9.40. The molecule has 0 aliphatic rings. The fraction of sp³-hybridized carbons (Fsp3) is 0.200. The Balaban J connectivity index is 1.95.